The number of carbonyl (C=O) groups is 1. The number of hydrazine groups is 1. The SMILES string of the molecule is O=CN(Nc1cc(Cl)cc(Cl)c1)c1ccc(Br)c(N(S(=O)(=O)c2cc(Cl)cc(Cl)c2)S(=O)(=O)c2cc(Cl)cc(Cl)c2)c1. The Balaban J connectivity index is 1.96. The number of benzene rings is 4. The summed E-state index contributed by atoms with van der Waals surface area (Å²) in [7, 11) is -9.95. The summed E-state index contributed by atoms with van der Waals surface area (Å²) in [6.45, 7) is 0. The lowest BCUT2D eigenvalue weighted by molar-refractivity contribution is -0.107. The molecule has 1 amide bonds. The predicted octanol–water partition coefficient (Wildman–Crippen LogP) is 8.94. The van der Waals surface area contributed by atoms with Gasteiger partial charge in [0.15, 0.2) is 0 Å². The van der Waals surface area contributed by atoms with Crippen LogP contribution in [0.5, 0.6) is 0 Å². The van der Waals surface area contributed by atoms with E-state index in [0.29, 0.717) is 12.1 Å². The first-order valence-corrected chi connectivity index (χ1v) is 17.1. The van der Waals surface area contributed by atoms with Crippen LogP contribution in [0.25, 0.3) is 0 Å². The third-order valence-corrected chi connectivity index (χ3v) is 11.4. The van der Waals surface area contributed by atoms with Gasteiger partial charge in [-0.2, -0.15) is 3.71 Å². The molecule has 0 unspecified atom stereocenters. The van der Waals surface area contributed by atoms with Crippen molar-refractivity contribution in [2.75, 3.05) is 14.1 Å². The van der Waals surface area contributed by atoms with Crippen LogP contribution in [0.3, 0.4) is 0 Å². The van der Waals surface area contributed by atoms with E-state index in [4.69, 9.17) is 69.6 Å². The van der Waals surface area contributed by atoms with Gasteiger partial charge in [0.1, 0.15) is 0 Å². The number of halogens is 7. The lowest BCUT2D eigenvalue weighted by Gasteiger charge is -2.27. The van der Waals surface area contributed by atoms with Gasteiger partial charge in [0.25, 0.3) is 20.0 Å². The molecular weight excluding hydrogens is 779 g/mol. The smallest absolute Gasteiger partial charge is 0.277 e. The number of amides is 1. The van der Waals surface area contributed by atoms with Crippen molar-refractivity contribution in [1.82, 2.24) is 0 Å². The van der Waals surface area contributed by atoms with Gasteiger partial charge in [-0.15, -0.1) is 0 Å². The van der Waals surface area contributed by atoms with E-state index in [1.807, 2.05) is 0 Å². The maximum atomic E-state index is 14.1. The van der Waals surface area contributed by atoms with Crippen molar-refractivity contribution in [3.63, 3.8) is 0 Å². The van der Waals surface area contributed by atoms with Crippen LogP contribution in [0, 0.1) is 0 Å². The first-order valence-electron chi connectivity index (χ1n) is 11.1. The van der Waals surface area contributed by atoms with E-state index in [2.05, 4.69) is 21.4 Å². The first kappa shape index (κ1) is 33.0. The Labute approximate surface area is 279 Å². The maximum absolute atomic E-state index is 14.1. The van der Waals surface area contributed by atoms with Crippen LogP contribution in [0.1, 0.15) is 0 Å². The summed E-state index contributed by atoms with van der Waals surface area (Å²) in [5.41, 5.74) is 2.71. The van der Waals surface area contributed by atoms with Crippen LogP contribution in [0.2, 0.25) is 30.1 Å². The molecule has 220 valence electrons. The van der Waals surface area contributed by atoms with Gasteiger partial charge in [0.2, 0.25) is 6.41 Å². The average Bonchev–Trinajstić information content (AvgIpc) is 2.86. The van der Waals surface area contributed by atoms with Gasteiger partial charge in [0.05, 0.1) is 26.9 Å². The van der Waals surface area contributed by atoms with Gasteiger partial charge in [-0.1, -0.05) is 69.6 Å². The molecule has 0 radical (unpaired) electrons. The average molecular weight is 793 g/mol. The summed E-state index contributed by atoms with van der Waals surface area (Å²) in [5, 5.41) is 1.26. The van der Waals surface area contributed by atoms with E-state index in [1.165, 1.54) is 42.5 Å². The van der Waals surface area contributed by atoms with E-state index in [0.717, 1.165) is 35.3 Å². The minimum atomic E-state index is -4.97. The summed E-state index contributed by atoms with van der Waals surface area (Å²) in [5.74, 6) is 0. The number of rotatable bonds is 9. The third-order valence-electron chi connectivity index (χ3n) is 5.33. The molecule has 0 heterocycles. The zero-order valence-corrected chi connectivity index (χ0v) is 28.2. The minimum Gasteiger partial charge on any atom is -0.291 e. The molecule has 0 aromatic heterocycles. The molecule has 0 fully saturated rings. The van der Waals surface area contributed by atoms with Crippen molar-refractivity contribution in [3.8, 4) is 0 Å². The normalized spacial score (nSPS) is 11.7. The van der Waals surface area contributed by atoms with Crippen LogP contribution in [-0.4, -0.2) is 23.2 Å². The molecule has 0 saturated carbocycles. The van der Waals surface area contributed by atoms with Crippen LogP contribution in [0.15, 0.2) is 87.1 Å². The van der Waals surface area contributed by atoms with E-state index >= 15 is 0 Å². The molecule has 4 aromatic carbocycles. The third kappa shape index (κ3) is 7.23. The van der Waals surface area contributed by atoms with Crippen LogP contribution in [-0.2, 0) is 24.8 Å². The van der Waals surface area contributed by atoms with Crippen molar-refractivity contribution in [1.29, 1.82) is 0 Å². The Morgan fingerprint density at radius 2 is 1.02 bits per heavy atom. The predicted molar refractivity (Wildman–Crippen MR) is 173 cm³/mol. The summed E-state index contributed by atoms with van der Waals surface area (Å²) in [6, 6.07) is 15.1. The highest BCUT2D eigenvalue weighted by molar-refractivity contribution is 9.10. The van der Waals surface area contributed by atoms with Gasteiger partial charge in [-0.05, 0) is 88.7 Å². The first-order chi connectivity index (χ1) is 19.6. The zero-order valence-electron chi connectivity index (χ0n) is 20.4. The topological polar surface area (TPSA) is 104 Å². The number of nitrogens with zero attached hydrogens (tertiary/aromatic N) is 2. The fraction of sp³-hybridized carbons (Fsp3) is 0. The molecule has 17 heteroatoms. The van der Waals surface area contributed by atoms with Gasteiger partial charge in [0, 0.05) is 34.6 Å². The summed E-state index contributed by atoms with van der Waals surface area (Å²) < 4.78 is 56.6. The van der Waals surface area contributed by atoms with Crippen LogP contribution >= 0.6 is 85.5 Å². The maximum Gasteiger partial charge on any atom is 0.277 e. The molecule has 0 bridgehead atoms. The Kier molecular flexibility index (Phi) is 10.2. The summed E-state index contributed by atoms with van der Waals surface area (Å²) >= 11 is 39.6. The molecule has 0 saturated heterocycles. The van der Waals surface area contributed by atoms with Crippen molar-refractivity contribution < 1.29 is 21.6 Å². The number of hydrogen-bond acceptors (Lipinski definition) is 6. The minimum absolute atomic E-state index is 0.0244. The molecule has 0 atom stereocenters. The quantitative estimate of drug-likeness (QED) is 0.134. The highest BCUT2D eigenvalue weighted by atomic mass is 79.9. The zero-order chi connectivity index (χ0) is 31.0. The van der Waals surface area contributed by atoms with E-state index in [-0.39, 0.29) is 44.0 Å². The largest absolute Gasteiger partial charge is 0.291 e. The lowest BCUT2D eigenvalue weighted by atomic mass is 10.3. The Bertz CT molecular complexity index is 1790. The van der Waals surface area contributed by atoms with E-state index in [1.54, 1.807) is 0 Å². The summed E-state index contributed by atoms with van der Waals surface area (Å²) in [4.78, 5) is 11.0. The highest BCUT2D eigenvalue weighted by Gasteiger charge is 2.39. The molecule has 42 heavy (non-hydrogen) atoms. The van der Waals surface area contributed by atoms with E-state index in [9.17, 15) is 21.6 Å². The number of nitrogens with one attached hydrogen (secondary N) is 1. The van der Waals surface area contributed by atoms with Crippen molar-refractivity contribution in [2.45, 2.75) is 9.79 Å². The molecule has 0 spiro atoms. The van der Waals surface area contributed by atoms with Gasteiger partial charge >= 0.3 is 0 Å². The van der Waals surface area contributed by atoms with E-state index < -0.39 is 35.5 Å². The molecule has 1 N–H and O–H groups in total. The lowest BCUT2D eigenvalue weighted by Crippen LogP contribution is -2.37. The number of hydrogen-bond donors (Lipinski definition) is 1. The van der Waals surface area contributed by atoms with Crippen LogP contribution < -0.4 is 14.1 Å². The van der Waals surface area contributed by atoms with Gasteiger partial charge in [-0.25, -0.2) is 21.8 Å². The Morgan fingerprint density at radius 1 is 0.619 bits per heavy atom. The standard InChI is InChI=1S/C25H14BrCl6N3O5S2/c26-24-2-1-21(34(13-36)33-20-6-14(27)3-15(28)7-20)12-25(24)35(41(37,38)22-8-16(29)4-17(30)9-22)42(39,40)23-10-18(31)5-19(32)11-23/h1-13,33H. The number of sulfonamides is 2. The van der Waals surface area contributed by atoms with Gasteiger partial charge in [-0.3, -0.25) is 10.2 Å². The molecule has 4 aromatic rings. The Morgan fingerprint density at radius 3 is 1.43 bits per heavy atom. The molecule has 8 nitrogen and oxygen atoms in total. The molecular formula is C25H14BrCl6N3O5S2. The fourth-order valence-electron chi connectivity index (χ4n) is 3.63. The second kappa shape index (κ2) is 13.0. The second-order valence-corrected chi connectivity index (χ2v) is 15.6. The fourth-order valence-corrected chi connectivity index (χ4v) is 9.99. The second-order valence-electron chi connectivity index (χ2n) is 8.30. The molecule has 0 aliphatic heterocycles. The highest BCUT2D eigenvalue weighted by Crippen LogP contribution is 2.40. The molecule has 0 aliphatic rings. The Hall–Kier alpha value is -1.93. The van der Waals surface area contributed by atoms with Crippen molar-refractivity contribution >= 4 is 129 Å². The summed E-state index contributed by atoms with van der Waals surface area (Å²) in [6.07, 6.45) is 0.378. The number of anilines is 3. The van der Waals surface area contributed by atoms with Crippen LogP contribution in [0.4, 0.5) is 17.1 Å². The van der Waals surface area contributed by atoms with Gasteiger partial charge < -0.3 is 0 Å². The monoisotopic (exact) mass is 789 g/mol. The number of carbonyl (C=O) groups excluding carboxylic acids is 1. The van der Waals surface area contributed by atoms with Crippen molar-refractivity contribution in [3.05, 3.63) is 107 Å². The van der Waals surface area contributed by atoms with Crippen molar-refractivity contribution in [2.24, 2.45) is 0 Å². The molecule has 4 rings (SSSR count). The molecule has 0 aliphatic carbocycles.